The molecule has 0 saturated carbocycles. The van der Waals surface area contributed by atoms with Crippen LogP contribution in [0.5, 0.6) is 0 Å². The molecule has 1 amide bonds. The number of aryl methyl sites for hydroxylation is 2. The third kappa shape index (κ3) is 2.88. The molecule has 2 aromatic rings. The van der Waals surface area contributed by atoms with Crippen LogP contribution in [0.2, 0.25) is 0 Å². The molecule has 5 N–H and O–H groups in total. The average Bonchev–Trinajstić information content (AvgIpc) is 2.36. The highest BCUT2D eigenvalue weighted by molar-refractivity contribution is 5.99. The highest BCUT2D eigenvalue weighted by Crippen LogP contribution is 2.20. The second-order valence-electron chi connectivity index (χ2n) is 4.72. The lowest BCUT2D eigenvalue weighted by Gasteiger charge is -2.13. The summed E-state index contributed by atoms with van der Waals surface area (Å²) in [7, 11) is 0. The minimum atomic E-state index is -0.487. The lowest BCUT2D eigenvalue weighted by atomic mass is 10.1. The van der Waals surface area contributed by atoms with Gasteiger partial charge in [-0.15, -0.1) is 0 Å². The van der Waals surface area contributed by atoms with Crippen LogP contribution >= 0.6 is 0 Å². The Morgan fingerprint density at radius 3 is 2.65 bits per heavy atom. The molecule has 0 spiro atoms. The molecule has 5 heteroatoms. The molecule has 0 aliphatic rings. The molecular weight excluding hydrogens is 252 g/mol. The fraction of sp³-hybridized carbons (Fsp3) is 0.200. The summed E-state index contributed by atoms with van der Waals surface area (Å²) < 4.78 is 0. The van der Waals surface area contributed by atoms with E-state index in [0.717, 1.165) is 16.8 Å². The Hall–Kier alpha value is -2.56. The van der Waals surface area contributed by atoms with E-state index in [9.17, 15) is 4.79 Å². The molecule has 0 aliphatic heterocycles. The summed E-state index contributed by atoms with van der Waals surface area (Å²) in [4.78, 5) is 15.9. The number of para-hydroxylation sites is 1. The molecule has 0 atom stereocenters. The van der Waals surface area contributed by atoms with E-state index < -0.39 is 5.91 Å². The minimum absolute atomic E-state index is 0.421. The average molecular weight is 270 g/mol. The van der Waals surface area contributed by atoms with E-state index in [1.54, 1.807) is 0 Å². The van der Waals surface area contributed by atoms with E-state index in [2.05, 4.69) is 10.3 Å². The first-order valence-electron chi connectivity index (χ1n) is 6.34. The van der Waals surface area contributed by atoms with E-state index in [0.29, 0.717) is 23.6 Å². The normalized spacial score (nSPS) is 10.3. The Morgan fingerprint density at radius 1 is 1.30 bits per heavy atom. The molecule has 104 valence electrons. The highest BCUT2D eigenvalue weighted by Gasteiger charge is 2.14. The van der Waals surface area contributed by atoms with Gasteiger partial charge in [-0.2, -0.15) is 0 Å². The van der Waals surface area contributed by atoms with Crippen LogP contribution in [-0.2, 0) is 6.54 Å². The van der Waals surface area contributed by atoms with Crippen LogP contribution in [0.3, 0.4) is 0 Å². The standard InChI is InChI=1S/C15H18N4O/c1-9-7-10(2)19-15(13(9)14(17)20)18-8-11-5-3-4-6-12(11)16/h3-7H,8,16H2,1-2H3,(H2,17,20)(H,18,19). The maximum atomic E-state index is 11.5. The number of primary amides is 1. The number of carbonyl (C=O) groups is 1. The number of hydrogen-bond donors (Lipinski definition) is 3. The number of anilines is 2. The Labute approximate surface area is 118 Å². The number of nitrogens with zero attached hydrogens (tertiary/aromatic N) is 1. The number of aromatic nitrogens is 1. The first-order chi connectivity index (χ1) is 9.49. The van der Waals surface area contributed by atoms with Crippen molar-refractivity contribution in [1.82, 2.24) is 4.98 Å². The quantitative estimate of drug-likeness (QED) is 0.740. The fourth-order valence-electron chi connectivity index (χ4n) is 2.15. The first-order valence-corrected chi connectivity index (χ1v) is 6.34. The molecule has 1 aromatic carbocycles. The molecule has 0 bridgehead atoms. The van der Waals surface area contributed by atoms with Crippen molar-refractivity contribution in [3.63, 3.8) is 0 Å². The Balaban J connectivity index is 2.30. The van der Waals surface area contributed by atoms with Gasteiger partial charge in [-0.25, -0.2) is 4.98 Å². The molecule has 1 aromatic heterocycles. The third-order valence-corrected chi connectivity index (χ3v) is 3.09. The van der Waals surface area contributed by atoms with E-state index in [-0.39, 0.29) is 0 Å². The van der Waals surface area contributed by atoms with Gasteiger partial charge in [0.1, 0.15) is 5.82 Å². The van der Waals surface area contributed by atoms with Gasteiger partial charge in [-0.1, -0.05) is 18.2 Å². The van der Waals surface area contributed by atoms with Crippen molar-refractivity contribution >= 4 is 17.4 Å². The largest absolute Gasteiger partial charge is 0.398 e. The number of hydrogen-bond acceptors (Lipinski definition) is 4. The van der Waals surface area contributed by atoms with Crippen LogP contribution in [0.15, 0.2) is 30.3 Å². The highest BCUT2D eigenvalue weighted by atomic mass is 16.1. The van der Waals surface area contributed by atoms with Crippen molar-refractivity contribution in [3.05, 3.63) is 52.7 Å². The Morgan fingerprint density at radius 2 is 2.00 bits per heavy atom. The molecule has 0 fully saturated rings. The molecule has 5 nitrogen and oxygen atoms in total. The Bertz CT molecular complexity index is 652. The number of amides is 1. The number of pyridine rings is 1. The van der Waals surface area contributed by atoms with E-state index >= 15 is 0 Å². The van der Waals surface area contributed by atoms with E-state index in [1.807, 2.05) is 44.2 Å². The monoisotopic (exact) mass is 270 g/mol. The van der Waals surface area contributed by atoms with Crippen molar-refractivity contribution in [3.8, 4) is 0 Å². The zero-order chi connectivity index (χ0) is 14.7. The van der Waals surface area contributed by atoms with Crippen molar-refractivity contribution in [2.45, 2.75) is 20.4 Å². The third-order valence-electron chi connectivity index (χ3n) is 3.09. The van der Waals surface area contributed by atoms with Gasteiger partial charge in [0.25, 0.3) is 5.91 Å². The number of nitrogens with one attached hydrogen (secondary N) is 1. The van der Waals surface area contributed by atoms with Gasteiger partial charge in [-0.3, -0.25) is 4.79 Å². The van der Waals surface area contributed by atoms with Crippen LogP contribution in [0, 0.1) is 13.8 Å². The number of benzene rings is 1. The van der Waals surface area contributed by atoms with E-state index in [1.165, 1.54) is 0 Å². The second kappa shape index (κ2) is 5.61. The Kier molecular flexibility index (Phi) is 3.89. The number of rotatable bonds is 4. The van der Waals surface area contributed by atoms with Crippen LogP contribution in [0.4, 0.5) is 11.5 Å². The van der Waals surface area contributed by atoms with Gasteiger partial charge < -0.3 is 16.8 Å². The summed E-state index contributed by atoms with van der Waals surface area (Å²) in [6, 6.07) is 9.39. The lowest BCUT2D eigenvalue weighted by molar-refractivity contribution is 0.1000. The van der Waals surface area contributed by atoms with Crippen molar-refractivity contribution in [2.24, 2.45) is 5.73 Å². The topological polar surface area (TPSA) is 94.0 Å². The van der Waals surface area contributed by atoms with Crippen LogP contribution in [0.1, 0.15) is 27.2 Å². The lowest BCUT2D eigenvalue weighted by Crippen LogP contribution is -2.18. The van der Waals surface area contributed by atoms with Crippen LogP contribution in [-0.4, -0.2) is 10.9 Å². The maximum absolute atomic E-state index is 11.5. The molecule has 1 heterocycles. The van der Waals surface area contributed by atoms with Gasteiger partial charge in [0.2, 0.25) is 0 Å². The molecule has 0 saturated heterocycles. The van der Waals surface area contributed by atoms with E-state index in [4.69, 9.17) is 11.5 Å². The summed E-state index contributed by atoms with van der Waals surface area (Å²) in [6.07, 6.45) is 0. The molecule has 0 aliphatic carbocycles. The van der Waals surface area contributed by atoms with Crippen LogP contribution in [0.25, 0.3) is 0 Å². The molecule has 0 radical (unpaired) electrons. The zero-order valence-electron chi connectivity index (χ0n) is 11.6. The summed E-state index contributed by atoms with van der Waals surface area (Å²) in [5.41, 5.74) is 15.0. The smallest absolute Gasteiger partial charge is 0.252 e. The summed E-state index contributed by atoms with van der Waals surface area (Å²) >= 11 is 0. The van der Waals surface area contributed by atoms with Crippen LogP contribution < -0.4 is 16.8 Å². The summed E-state index contributed by atoms with van der Waals surface area (Å²) in [5, 5.41) is 3.14. The SMILES string of the molecule is Cc1cc(C)c(C(N)=O)c(NCc2ccccc2N)n1. The van der Waals surface area contributed by atoms with Gasteiger partial charge >= 0.3 is 0 Å². The summed E-state index contributed by atoms with van der Waals surface area (Å²) in [5.74, 6) is 0.0109. The predicted octanol–water partition coefficient (Wildman–Crippen LogP) is 1.99. The molecule has 2 rings (SSSR count). The van der Waals surface area contributed by atoms with Crippen molar-refractivity contribution in [2.75, 3.05) is 11.1 Å². The number of nitrogens with two attached hydrogens (primary N) is 2. The van der Waals surface area contributed by atoms with Crippen molar-refractivity contribution < 1.29 is 4.79 Å². The second-order valence-corrected chi connectivity index (χ2v) is 4.72. The minimum Gasteiger partial charge on any atom is -0.398 e. The van der Waals surface area contributed by atoms with Gasteiger partial charge in [0.05, 0.1) is 5.56 Å². The predicted molar refractivity (Wildman–Crippen MR) is 80.4 cm³/mol. The van der Waals surface area contributed by atoms with Crippen molar-refractivity contribution in [1.29, 1.82) is 0 Å². The van der Waals surface area contributed by atoms with Gasteiger partial charge in [0, 0.05) is 17.9 Å². The molecular formula is C15H18N4O. The number of nitrogen functional groups attached to an aromatic ring is 1. The first kappa shape index (κ1) is 13.9. The van der Waals surface area contributed by atoms with Gasteiger partial charge in [-0.05, 0) is 37.1 Å². The molecule has 0 unspecified atom stereocenters. The maximum Gasteiger partial charge on any atom is 0.252 e. The number of carbonyl (C=O) groups excluding carboxylic acids is 1. The summed E-state index contributed by atoms with van der Waals surface area (Å²) in [6.45, 7) is 4.21. The fourth-order valence-corrected chi connectivity index (χ4v) is 2.15. The zero-order valence-corrected chi connectivity index (χ0v) is 11.6. The molecule has 20 heavy (non-hydrogen) atoms. The van der Waals surface area contributed by atoms with Gasteiger partial charge in [0.15, 0.2) is 0 Å².